The Bertz CT molecular complexity index is 768. The molecule has 0 unspecified atom stereocenters. The fourth-order valence-corrected chi connectivity index (χ4v) is 2.81. The Morgan fingerprint density at radius 2 is 1.95 bits per heavy atom. The standard InChI is InChI=1S/C11H9F4N3O2S/c1-6-10(5-16-17-6)21(19,20)18-7-2-3-9(12)8(4-7)11(13,14)15/h2-5,18H,1H3,(H,16,17). The Morgan fingerprint density at radius 3 is 2.48 bits per heavy atom. The molecule has 0 saturated carbocycles. The summed E-state index contributed by atoms with van der Waals surface area (Å²) >= 11 is 0. The first-order valence-electron chi connectivity index (χ1n) is 5.51. The van der Waals surface area contributed by atoms with Crippen LogP contribution in [-0.2, 0) is 16.2 Å². The van der Waals surface area contributed by atoms with Gasteiger partial charge in [0.15, 0.2) is 0 Å². The number of benzene rings is 1. The summed E-state index contributed by atoms with van der Waals surface area (Å²) in [7, 11) is -4.11. The molecule has 0 aliphatic rings. The maximum Gasteiger partial charge on any atom is 0.419 e. The fourth-order valence-electron chi connectivity index (χ4n) is 1.63. The van der Waals surface area contributed by atoms with Crippen molar-refractivity contribution in [2.45, 2.75) is 18.0 Å². The third-order valence-corrected chi connectivity index (χ3v) is 4.09. The van der Waals surface area contributed by atoms with Crippen molar-refractivity contribution in [3.8, 4) is 0 Å². The number of hydrogen-bond acceptors (Lipinski definition) is 3. The second kappa shape index (κ2) is 5.02. The molecule has 0 spiro atoms. The molecule has 5 nitrogen and oxygen atoms in total. The Morgan fingerprint density at radius 1 is 1.29 bits per heavy atom. The van der Waals surface area contributed by atoms with Gasteiger partial charge in [-0.25, -0.2) is 12.8 Å². The lowest BCUT2D eigenvalue weighted by molar-refractivity contribution is -0.139. The van der Waals surface area contributed by atoms with Crippen LogP contribution in [0.25, 0.3) is 0 Å². The molecular weight excluding hydrogens is 314 g/mol. The first kappa shape index (κ1) is 15.3. The van der Waals surface area contributed by atoms with Crippen LogP contribution in [0.3, 0.4) is 0 Å². The number of hydrogen-bond donors (Lipinski definition) is 2. The lowest BCUT2D eigenvalue weighted by atomic mass is 10.2. The molecule has 0 fully saturated rings. The predicted octanol–water partition coefficient (Wildman–Crippen LogP) is 2.68. The molecule has 0 aliphatic heterocycles. The first-order valence-corrected chi connectivity index (χ1v) is 6.99. The van der Waals surface area contributed by atoms with Crippen LogP contribution < -0.4 is 4.72 Å². The van der Waals surface area contributed by atoms with Gasteiger partial charge in [0.25, 0.3) is 10.0 Å². The van der Waals surface area contributed by atoms with E-state index in [9.17, 15) is 26.0 Å². The third kappa shape index (κ3) is 3.15. The third-order valence-electron chi connectivity index (χ3n) is 2.60. The first-order chi connectivity index (χ1) is 9.61. The number of nitrogens with one attached hydrogen (secondary N) is 2. The zero-order valence-electron chi connectivity index (χ0n) is 10.5. The van der Waals surface area contributed by atoms with Crippen LogP contribution in [0.2, 0.25) is 0 Å². The minimum absolute atomic E-state index is 0.208. The normalized spacial score (nSPS) is 12.4. The van der Waals surface area contributed by atoms with Crippen LogP contribution in [-0.4, -0.2) is 18.6 Å². The molecule has 0 bridgehead atoms. The fraction of sp³-hybridized carbons (Fsp3) is 0.182. The summed E-state index contributed by atoms with van der Waals surface area (Å²) < 4.78 is 76.7. The van der Waals surface area contributed by atoms with E-state index >= 15 is 0 Å². The SMILES string of the molecule is Cc1[nH]ncc1S(=O)(=O)Nc1ccc(F)c(C(F)(F)F)c1. The van der Waals surface area contributed by atoms with Gasteiger partial charge < -0.3 is 0 Å². The van der Waals surface area contributed by atoms with E-state index in [2.05, 4.69) is 10.2 Å². The van der Waals surface area contributed by atoms with Gasteiger partial charge in [0, 0.05) is 5.69 Å². The summed E-state index contributed by atoms with van der Waals surface area (Å²) in [6.07, 6.45) is -3.90. The lowest BCUT2D eigenvalue weighted by Crippen LogP contribution is -2.15. The number of anilines is 1. The smallest absolute Gasteiger partial charge is 0.281 e. The van der Waals surface area contributed by atoms with Crippen LogP contribution in [0.15, 0.2) is 29.3 Å². The van der Waals surface area contributed by atoms with Crippen molar-refractivity contribution in [2.24, 2.45) is 0 Å². The molecule has 2 rings (SSSR count). The molecule has 1 heterocycles. The molecular formula is C11H9F4N3O2S. The maximum atomic E-state index is 13.1. The second-order valence-electron chi connectivity index (χ2n) is 4.16. The minimum atomic E-state index is -4.92. The highest BCUT2D eigenvalue weighted by Gasteiger charge is 2.34. The summed E-state index contributed by atoms with van der Waals surface area (Å²) in [5.41, 5.74) is -1.73. The summed E-state index contributed by atoms with van der Waals surface area (Å²) in [4.78, 5) is -0.208. The molecule has 21 heavy (non-hydrogen) atoms. The average molecular weight is 323 g/mol. The number of alkyl halides is 3. The van der Waals surface area contributed by atoms with E-state index in [4.69, 9.17) is 0 Å². The second-order valence-corrected chi connectivity index (χ2v) is 5.81. The van der Waals surface area contributed by atoms with Gasteiger partial charge in [0.1, 0.15) is 10.7 Å². The highest BCUT2D eigenvalue weighted by Crippen LogP contribution is 2.33. The monoisotopic (exact) mass is 323 g/mol. The van der Waals surface area contributed by atoms with Crippen LogP contribution in [0.4, 0.5) is 23.2 Å². The summed E-state index contributed by atoms with van der Waals surface area (Å²) in [6, 6.07) is 1.84. The van der Waals surface area contributed by atoms with Gasteiger partial charge in [0.05, 0.1) is 17.5 Å². The average Bonchev–Trinajstić information content (AvgIpc) is 2.77. The number of halogens is 4. The number of rotatable bonds is 3. The van der Waals surface area contributed by atoms with Crippen molar-refractivity contribution in [3.63, 3.8) is 0 Å². The Labute approximate surface area is 117 Å². The molecule has 0 aliphatic carbocycles. The van der Waals surface area contributed by atoms with E-state index in [0.717, 1.165) is 12.3 Å². The van der Waals surface area contributed by atoms with E-state index < -0.39 is 33.3 Å². The molecule has 1 aromatic carbocycles. The van der Waals surface area contributed by atoms with Crippen molar-refractivity contribution >= 4 is 15.7 Å². The van der Waals surface area contributed by atoms with Gasteiger partial charge in [0.2, 0.25) is 0 Å². The van der Waals surface area contributed by atoms with Gasteiger partial charge in [-0.1, -0.05) is 0 Å². The molecule has 0 radical (unpaired) electrons. The van der Waals surface area contributed by atoms with E-state index in [1.807, 2.05) is 4.72 Å². The van der Waals surface area contributed by atoms with Crippen LogP contribution >= 0.6 is 0 Å². The summed E-state index contributed by atoms with van der Waals surface area (Å²) in [6.45, 7) is 1.44. The molecule has 0 saturated heterocycles. The Balaban J connectivity index is 2.39. The van der Waals surface area contributed by atoms with Crippen LogP contribution in [0.5, 0.6) is 0 Å². The van der Waals surface area contributed by atoms with Gasteiger partial charge in [-0.05, 0) is 25.1 Å². The van der Waals surface area contributed by atoms with E-state index in [-0.39, 0.29) is 10.6 Å². The van der Waals surface area contributed by atoms with Crippen molar-refractivity contribution in [3.05, 3.63) is 41.5 Å². The topological polar surface area (TPSA) is 74.8 Å². The number of H-pyrrole nitrogens is 1. The van der Waals surface area contributed by atoms with E-state index in [1.165, 1.54) is 6.92 Å². The number of aromatic nitrogens is 2. The number of sulfonamides is 1. The number of nitrogens with zero attached hydrogens (tertiary/aromatic N) is 1. The molecule has 1 aromatic heterocycles. The van der Waals surface area contributed by atoms with Crippen LogP contribution in [0.1, 0.15) is 11.3 Å². The number of aryl methyl sites for hydroxylation is 1. The Kier molecular flexibility index (Phi) is 3.66. The van der Waals surface area contributed by atoms with Gasteiger partial charge >= 0.3 is 6.18 Å². The maximum absolute atomic E-state index is 13.1. The highest BCUT2D eigenvalue weighted by atomic mass is 32.2. The summed E-state index contributed by atoms with van der Waals surface area (Å²) in [5, 5.41) is 5.91. The molecule has 0 atom stereocenters. The zero-order valence-corrected chi connectivity index (χ0v) is 11.3. The number of aromatic amines is 1. The van der Waals surface area contributed by atoms with Gasteiger partial charge in [-0.3, -0.25) is 9.82 Å². The highest BCUT2D eigenvalue weighted by molar-refractivity contribution is 7.92. The zero-order chi connectivity index (χ0) is 15.8. The Hall–Kier alpha value is -2.10. The van der Waals surface area contributed by atoms with Gasteiger partial charge in [-0.15, -0.1) is 0 Å². The largest absolute Gasteiger partial charge is 0.419 e. The summed E-state index contributed by atoms with van der Waals surface area (Å²) in [5.74, 6) is -1.48. The molecule has 10 heteroatoms. The molecule has 2 N–H and O–H groups in total. The van der Waals surface area contributed by atoms with Gasteiger partial charge in [-0.2, -0.15) is 18.3 Å². The van der Waals surface area contributed by atoms with E-state index in [1.54, 1.807) is 0 Å². The molecule has 0 amide bonds. The molecule has 2 aromatic rings. The van der Waals surface area contributed by atoms with Crippen molar-refractivity contribution in [1.82, 2.24) is 10.2 Å². The quantitative estimate of drug-likeness (QED) is 0.853. The predicted molar refractivity (Wildman–Crippen MR) is 65.5 cm³/mol. The minimum Gasteiger partial charge on any atom is -0.281 e. The van der Waals surface area contributed by atoms with Crippen molar-refractivity contribution in [2.75, 3.05) is 4.72 Å². The van der Waals surface area contributed by atoms with Crippen molar-refractivity contribution in [1.29, 1.82) is 0 Å². The lowest BCUT2D eigenvalue weighted by Gasteiger charge is -2.11. The molecule has 114 valence electrons. The van der Waals surface area contributed by atoms with Crippen molar-refractivity contribution < 1.29 is 26.0 Å². The van der Waals surface area contributed by atoms with E-state index in [0.29, 0.717) is 12.1 Å². The van der Waals surface area contributed by atoms with Crippen LogP contribution in [0, 0.1) is 12.7 Å².